The van der Waals surface area contributed by atoms with Crippen molar-refractivity contribution in [3.8, 4) is 5.75 Å². The van der Waals surface area contributed by atoms with Gasteiger partial charge in [0.1, 0.15) is 11.8 Å². The van der Waals surface area contributed by atoms with Crippen LogP contribution in [0.25, 0.3) is 0 Å². The van der Waals surface area contributed by atoms with E-state index < -0.39 is 45.9 Å². The number of hydrogen-bond donors (Lipinski definition) is 6. The van der Waals surface area contributed by atoms with Crippen molar-refractivity contribution in [1.29, 1.82) is 0 Å². The number of benzene rings is 2. The number of aromatic nitrogens is 2. The molecule has 0 bridgehead atoms. The Morgan fingerprint density at radius 3 is 2.55 bits per heavy atom. The molecule has 3 aromatic rings. The van der Waals surface area contributed by atoms with E-state index in [0.717, 1.165) is 5.56 Å². The largest absolute Gasteiger partial charge is 0.508 e. The number of phenols is 1. The van der Waals surface area contributed by atoms with Crippen molar-refractivity contribution < 1.29 is 33.4 Å². The molecule has 1 aliphatic rings. The fourth-order valence-electron chi connectivity index (χ4n) is 4.77. The highest BCUT2D eigenvalue weighted by Crippen LogP contribution is 2.32. The lowest BCUT2D eigenvalue weighted by molar-refractivity contribution is -0.137. The third kappa shape index (κ3) is 5.70. The number of fused-ring (bicyclic) bond motifs is 1. The number of carbonyl (C=O) groups is 2. The first kappa shape index (κ1) is 27.3. The molecule has 4 atom stereocenters. The van der Waals surface area contributed by atoms with E-state index in [4.69, 9.17) is 0 Å². The first-order valence-corrected chi connectivity index (χ1v) is 13.3. The van der Waals surface area contributed by atoms with Crippen molar-refractivity contribution in [3.63, 3.8) is 0 Å². The summed E-state index contributed by atoms with van der Waals surface area (Å²) in [6.07, 6.45) is 0.665. The molecule has 0 saturated heterocycles. The molecule has 4 rings (SSSR count). The molecule has 2 amide bonds. The molecule has 2 aromatic carbocycles. The predicted octanol–water partition coefficient (Wildman–Crippen LogP) is 0.220. The molecule has 1 aromatic heterocycles. The molecule has 38 heavy (non-hydrogen) atoms. The Kier molecular flexibility index (Phi) is 7.83. The molecule has 0 fully saturated rings. The second-order valence-corrected chi connectivity index (χ2v) is 10.9. The van der Waals surface area contributed by atoms with Crippen LogP contribution in [0.2, 0.25) is 0 Å². The van der Waals surface area contributed by atoms with Crippen molar-refractivity contribution in [3.05, 3.63) is 77.0 Å². The lowest BCUT2D eigenvalue weighted by atomic mass is 9.90. The molecular formula is C25H29N5O7S. The molecule has 6 N–H and O–H groups in total. The number of nitrogens with zero attached hydrogens (tertiary/aromatic N) is 2. The maximum Gasteiger partial charge on any atom is 0.262 e. The summed E-state index contributed by atoms with van der Waals surface area (Å²) in [4.78, 5) is 26.5. The summed E-state index contributed by atoms with van der Waals surface area (Å²) >= 11 is 0. The Bertz CT molecular complexity index is 1460. The van der Waals surface area contributed by atoms with Gasteiger partial charge in [0.25, 0.3) is 15.9 Å². The van der Waals surface area contributed by atoms with Crippen LogP contribution in [0.1, 0.15) is 28.3 Å². The van der Waals surface area contributed by atoms with E-state index in [0.29, 0.717) is 23.1 Å². The SMILES string of the molecule is Cc1cn(C)nc1S(=O)(=O)N[C@H](C(=O)NO)[C@@H](Cc1cccc(O)c1)C(=O)N[C@H]1c2ccccc2C[C@H]1O. The van der Waals surface area contributed by atoms with Crippen LogP contribution in [0.5, 0.6) is 5.75 Å². The van der Waals surface area contributed by atoms with Crippen LogP contribution in [0.15, 0.2) is 59.8 Å². The first-order chi connectivity index (χ1) is 18.0. The van der Waals surface area contributed by atoms with Gasteiger partial charge in [-0.15, -0.1) is 0 Å². The average Bonchev–Trinajstić information content (AvgIpc) is 3.38. The Morgan fingerprint density at radius 2 is 1.89 bits per heavy atom. The van der Waals surface area contributed by atoms with E-state index in [1.54, 1.807) is 24.3 Å². The molecule has 0 radical (unpaired) electrons. The van der Waals surface area contributed by atoms with Gasteiger partial charge in [0.15, 0.2) is 5.03 Å². The summed E-state index contributed by atoms with van der Waals surface area (Å²) in [5, 5.41) is 36.4. The molecule has 1 aliphatic carbocycles. The van der Waals surface area contributed by atoms with Crippen LogP contribution in [0.3, 0.4) is 0 Å². The van der Waals surface area contributed by atoms with Crippen LogP contribution in [0, 0.1) is 12.8 Å². The number of nitrogens with one attached hydrogen (secondary N) is 3. The molecule has 0 aliphatic heterocycles. The van der Waals surface area contributed by atoms with Crippen molar-refractivity contribution in [2.24, 2.45) is 13.0 Å². The van der Waals surface area contributed by atoms with Gasteiger partial charge in [-0.05, 0) is 42.2 Å². The Balaban J connectivity index is 1.71. The zero-order valence-corrected chi connectivity index (χ0v) is 21.5. The summed E-state index contributed by atoms with van der Waals surface area (Å²) in [6.45, 7) is 1.53. The van der Waals surface area contributed by atoms with Crippen LogP contribution in [0.4, 0.5) is 0 Å². The zero-order valence-electron chi connectivity index (χ0n) is 20.7. The number of hydrogen-bond acceptors (Lipinski definition) is 8. The number of aromatic hydroxyl groups is 1. The summed E-state index contributed by atoms with van der Waals surface area (Å²) in [7, 11) is -2.89. The lowest BCUT2D eigenvalue weighted by Gasteiger charge is -2.28. The lowest BCUT2D eigenvalue weighted by Crippen LogP contribution is -2.55. The zero-order chi connectivity index (χ0) is 27.6. The number of sulfonamides is 1. The molecule has 202 valence electrons. The Hall–Kier alpha value is -3.78. The van der Waals surface area contributed by atoms with Gasteiger partial charge in [0.05, 0.1) is 18.1 Å². The number of rotatable bonds is 9. The number of hydroxylamine groups is 1. The standard InChI is InChI=1S/C25H29N5O7S/c1-14-13-30(2)27-25(14)38(36,37)29-22(24(34)28-35)19(11-15-6-5-8-17(31)10-15)23(33)26-21-18-9-4-3-7-16(18)12-20(21)32/h3-10,13,19-22,29,31-32,35H,11-12H2,1-2H3,(H,26,33)(H,28,34)/t19-,20-,21+,22+/m1/s1. The van der Waals surface area contributed by atoms with E-state index in [-0.39, 0.29) is 17.2 Å². The third-order valence-corrected chi connectivity index (χ3v) is 7.98. The van der Waals surface area contributed by atoms with E-state index in [9.17, 15) is 33.4 Å². The minimum atomic E-state index is -4.42. The first-order valence-electron chi connectivity index (χ1n) is 11.8. The fraction of sp³-hybridized carbons (Fsp3) is 0.320. The highest BCUT2D eigenvalue weighted by atomic mass is 32.2. The highest BCUT2D eigenvalue weighted by molar-refractivity contribution is 7.89. The normalized spacial score (nSPS) is 18.4. The van der Waals surface area contributed by atoms with Crippen LogP contribution < -0.4 is 15.5 Å². The molecule has 13 heteroatoms. The summed E-state index contributed by atoms with van der Waals surface area (Å²) in [5.74, 6) is -3.41. The summed E-state index contributed by atoms with van der Waals surface area (Å²) in [5.41, 5.74) is 3.74. The topological polar surface area (TPSA) is 183 Å². The smallest absolute Gasteiger partial charge is 0.262 e. The van der Waals surface area contributed by atoms with E-state index in [1.165, 1.54) is 42.5 Å². The van der Waals surface area contributed by atoms with Gasteiger partial charge in [-0.3, -0.25) is 19.5 Å². The van der Waals surface area contributed by atoms with Crippen LogP contribution in [-0.2, 0) is 39.5 Å². The summed E-state index contributed by atoms with van der Waals surface area (Å²) < 4.78 is 30.0. The monoisotopic (exact) mass is 543 g/mol. The maximum absolute atomic E-state index is 13.7. The van der Waals surface area contributed by atoms with Gasteiger partial charge in [0, 0.05) is 25.2 Å². The highest BCUT2D eigenvalue weighted by Gasteiger charge is 2.41. The van der Waals surface area contributed by atoms with Crippen LogP contribution in [-0.4, -0.2) is 57.6 Å². The number of aliphatic hydroxyl groups excluding tert-OH is 1. The second kappa shape index (κ2) is 10.9. The van der Waals surface area contributed by atoms with Crippen molar-refractivity contribution >= 4 is 21.8 Å². The van der Waals surface area contributed by atoms with Gasteiger partial charge >= 0.3 is 0 Å². The molecule has 12 nitrogen and oxygen atoms in total. The number of amides is 2. The minimum Gasteiger partial charge on any atom is -0.508 e. The molecule has 0 saturated carbocycles. The van der Waals surface area contributed by atoms with Crippen LogP contribution >= 0.6 is 0 Å². The number of aliphatic hydroxyl groups is 1. The second-order valence-electron chi connectivity index (χ2n) is 9.30. The average molecular weight is 544 g/mol. The van der Waals surface area contributed by atoms with Gasteiger partial charge in [-0.1, -0.05) is 36.4 Å². The maximum atomic E-state index is 13.7. The Morgan fingerprint density at radius 1 is 1.16 bits per heavy atom. The number of aryl methyl sites for hydroxylation is 2. The van der Waals surface area contributed by atoms with Gasteiger partial charge in [0.2, 0.25) is 5.91 Å². The minimum absolute atomic E-state index is 0.0883. The van der Waals surface area contributed by atoms with E-state index in [1.807, 2.05) is 12.1 Å². The molecule has 1 heterocycles. The van der Waals surface area contributed by atoms with Gasteiger partial charge < -0.3 is 15.5 Å². The number of phenolic OH excluding ortho intramolecular Hbond substituents is 1. The Labute approximate surface area is 219 Å². The van der Waals surface area contributed by atoms with E-state index in [2.05, 4.69) is 15.1 Å². The van der Waals surface area contributed by atoms with Gasteiger partial charge in [-0.2, -0.15) is 9.82 Å². The molecule has 0 spiro atoms. The fourth-order valence-corrected chi connectivity index (χ4v) is 6.20. The van der Waals surface area contributed by atoms with Crippen molar-refractivity contribution in [1.82, 2.24) is 25.3 Å². The van der Waals surface area contributed by atoms with Crippen molar-refractivity contribution in [2.75, 3.05) is 0 Å². The molecular weight excluding hydrogens is 514 g/mol. The third-order valence-electron chi connectivity index (χ3n) is 6.50. The predicted molar refractivity (Wildman–Crippen MR) is 134 cm³/mol. The van der Waals surface area contributed by atoms with E-state index >= 15 is 0 Å². The number of carbonyl (C=O) groups excluding carboxylic acids is 2. The molecule has 0 unspecified atom stereocenters. The van der Waals surface area contributed by atoms with Crippen molar-refractivity contribution in [2.45, 2.75) is 43.0 Å². The quantitative estimate of drug-likeness (QED) is 0.164. The van der Waals surface area contributed by atoms with Gasteiger partial charge in [-0.25, -0.2) is 13.9 Å². The summed E-state index contributed by atoms with van der Waals surface area (Å²) in [6, 6.07) is 10.6.